The molecule has 0 spiro atoms. The van der Waals surface area contributed by atoms with Crippen molar-refractivity contribution in [3.05, 3.63) is 48.2 Å². The number of nitrogens with zero attached hydrogens (tertiary/aromatic N) is 3. The lowest BCUT2D eigenvalue weighted by Crippen LogP contribution is -2.49. The number of rotatable bonds is 7. The van der Waals surface area contributed by atoms with Crippen LogP contribution in [0.2, 0.25) is 0 Å². The van der Waals surface area contributed by atoms with Crippen LogP contribution in [0.3, 0.4) is 0 Å². The van der Waals surface area contributed by atoms with Crippen molar-refractivity contribution >= 4 is 5.82 Å². The Bertz CT molecular complexity index is 761. The van der Waals surface area contributed by atoms with Crippen molar-refractivity contribution in [1.29, 1.82) is 0 Å². The monoisotopic (exact) mass is 411 g/mol. The van der Waals surface area contributed by atoms with Crippen molar-refractivity contribution < 1.29 is 27.8 Å². The molecule has 0 unspecified atom stereocenters. The van der Waals surface area contributed by atoms with Gasteiger partial charge in [0.25, 0.3) is 0 Å². The van der Waals surface area contributed by atoms with Crippen LogP contribution >= 0.6 is 0 Å². The first-order chi connectivity index (χ1) is 13.8. The van der Waals surface area contributed by atoms with Crippen LogP contribution in [0.5, 0.6) is 11.5 Å². The van der Waals surface area contributed by atoms with E-state index in [4.69, 9.17) is 9.47 Å². The van der Waals surface area contributed by atoms with E-state index in [1.807, 2.05) is 4.90 Å². The van der Waals surface area contributed by atoms with Gasteiger partial charge in [-0.25, -0.2) is 4.98 Å². The first-order valence-electron chi connectivity index (χ1n) is 9.30. The zero-order valence-corrected chi connectivity index (χ0v) is 16.1. The second-order valence-corrected chi connectivity index (χ2v) is 6.83. The number of methoxy groups -OCH3 is 1. The van der Waals surface area contributed by atoms with E-state index < -0.39 is 17.8 Å². The predicted molar refractivity (Wildman–Crippen MR) is 102 cm³/mol. The number of anilines is 1. The summed E-state index contributed by atoms with van der Waals surface area (Å²) in [7, 11) is 1.59. The number of benzene rings is 1. The van der Waals surface area contributed by atoms with Crippen LogP contribution in [0.4, 0.5) is 19.0 Å². The van der Waals surface area contributed by atoms with Crippen LogP contribution in [-0.2, 0) is 6.18 Å². The zero-order chi connectivity index (χ0) is 20.9. The highest BCUT2D eigenvalue weighted by atomic mass is 19.4. The fourth-order valence-electron chi connectivity index (χ4n) is 3.12. The predicted octanol–water partition coefficient (Wildman–Crippen LogP) is 2.67. The summed E-state index contributed by atoms with van der Waals surface area (Å²) in [6, 6.07) is 9.58. The van der Waals surface area contributed by atoms with E-state index in [1.165, 1.54) is 6.07 Å². The van der Waals surface area contributed by atoms with Gasteiger partial charge in [0.15, 0.2) is 0 Å². The van der Waals surface area contributed by atoms with E-state index >= 15 is 0 Å². The summed E-state index contributed by atoms with van der Waals surface area (Å²) in [5.74, 6) is 1.92. The van der Waals surface area contributed by atoms with Crippen LogP contribution in [0.15, 0.2) is 42.6 Å². The van der Waals surface area contributed by atoms with Crippen LogP contribution < -0.4 is 14.4 Å². The third-order valence-electron chi connectivity index (χ3n) is 4.74. The smallest absolute Gasteiger partial charge is 0.417 e. The number of pyridine rings is 1. The number of hydrogen-bond donors (Lipinski definition) is 1. The molecule has 1 N–H and O–H groups in total. The van der Waals surface area contributed by atoms with E-state index in [1.54, 1.807) is 31.4 Å². The van der Waals surface area contributed by atoms with Gasteiger partial charge in [0.05, 0.1) is 12.7 Å². The summed E-state index contributed by atoms with van der Waals surface area (Å²) in [5, 5.41) is 10.2. The van der Waals surface area contributed by atoms with Crippen molar-refractivity contribution in [3.8, 4) is 11.5 Å². The number of halogens is 3. The second-order valence-electron chi connectivity index (χ2n) is 6.83. The minimum atomic E-state index is -4.38. The van der Waals surface area contributed by atoms with E-state index in [0.29, 0.717) is 44.3 Å². The SMILES string of the molecule is COc1ccc(OC[C@@H](O)CN2CCN(c3ccc(C(F)(F)F)cn3)CC2)cc1. The fourth-order valence-corrected chi connectivity index (χ4v) is 3.12. The van der Waals surface area contributed by atoms with Gasteiger partial charge in [-0.05, 0) is 36.4 Å². The molecule has 0 radical (unpaired) electrons. The lowest BCUT2D eigenvalue weighted by Gasteiger charge is -2.36. The average Bonchev–Trinajstić information content (AvgIpc) is 2.73. The number of aliphatic hydroxyl groups excluding tert-OH is 1. The molecule has 0 bridgehead atoms. The molecule has 3 rings (SSSR count). The van der Waals surface area contributed by atoms with Gasteiger partial charge in [-0.1, -0.05) is 0 Å². The molecule has 29 heavy (non-hydrogen) atoms. The molecule has 158 valence electrons. The lowest BCUT2D eigenvalue weighted by molar-refractivity contribution is -0.137. The highest BCUT2D eigenvalue weighted by molar-refractivity contribution is 5.40. The average molecular weight is 411 g/mol. The summed E-state index contributed by atoms with van der Waals surface area (Å²) < 4.78 is 48.6. The molecule has 1 aromatic heterocycles. The van der Waals surface area contributed by atoms with Crippen molar-refractivity contribution in [2.45, 2.75) is 12.3 Å². The summed E-state index contributed by atoms with van der Waals surface area (Å²) in [4.78, 5) is 7.98. The zero-order valence-electron chi connectivity index (χ0n) is 16.1. The largest absolute Gasteiger partial charge is 0.497 e. The Morgan fingerprint density at radius 1 is 1.03 bits per heavy atom. The number of piperazine rings is 1. The van der Waals surface area contributed by atoms with E-state index in [-0.39, 0.29) is 6.61 Å². The van der Waals surface area contributed by atoms with Crippen molar-refractivity contribution in [1.82, 2.24) is 9.88 Å². The third kappa shape index (κ3) is 5.98. The maximum atomic E-state index is 12.6. The van der Waals surface area contributed by atoms with Gasteiger partial charge >= 0.3 is 6.18 Å². The van der Waals surface area contributed by atoms with Crippen molar-refractivity contribution in [2.24, 2.45) is 0 Å². The molecule has 1 aliphatic heterocycles. The number of aliphatic hydroxyl groups is 1. The standard InChI is InChI=1S/C20H24F3N3O3/c1-28-17-3-5-18(6-4-17)29-14-16(27)13-25-8-10-26(11-9-25)19-7-2-15(12-24-19)20(21,22)23/h2-7,12,16,27H,8-11,13-14H2,1H3/t16-/m0/s1. The van der Waals surface area contributed by atoms with Gasteiger partial charge in [0.2, 0.25) is 0 Å². The molecule has 2 aromatic rings. The van der Waals surface area contributed by atoms with Crippen LogP contribution in [0.25, 0.3) is 0 Å². The van der Waals surface area contributed by atoms with Gasteiger partial charge < -0.3 is 19.5 Å². The molecule has 0 aliphatic carbocycles. The summed E-state index contributed by atoms with van der Waals surface area (Å²) >= 11 is 0. The molecular weight excluding hydrogens is 387 g/mol. The van der Waals surface area contributed by atoms with Gasteiger partial charge in [-0.2, -0.15) is 13.2 Å². The first kappa shape index (κ1) is 21.2. The molecule has 2 heterocycles. The topological polar surface area (TPSA) is 58.1 Å². The number of hydrogen-bond acceptors (Lipinski definition) is 6. The highest BCUT2D eigenvalue weighted by Gasteiger charge is 2.31. The minimum Gasteiger partial charge on any atom is -0.497 e. The van der Waals surface area contributed by atoms with Crippen LogP contribution in [-0.4, -0.2) is 67.5 Å². The number of ether oxygens (including phenoxy) is 2. The number of alkyl halides is 3. The van der Waals surface area contributed by atoms with E-state index in [2.05, 4.69) is 9.88 Å². The summed E-state index contributed by atoms with van der Waals surface area (Å²) in [6.45, 7) is 3.26. The van der Waals surface area contributed by atoms with Crippen LogP contribution in [0, 0.1) is 0 Å². The van der Waals surface area contributed by atoms with Gasteiger partial charge in [-0.15, -0.1) is 0 Å². The molecule has 0 saturated carbocycles. The van der Waals surface area contributed by atoms with Crippen molar-refractivity contribution in [3.63, 3.8) is 0 Å². The normalized spacial score (nSPS) is 16.5. The minimum absolute atomic E-state index is 0.174. The number of β-amino-alcohol motifs (C(OH)–C–C–N with tert-alkyl or cyclic N) is 1. The lowest BCUT2D eigenvalue weighted by atomic mass is 10.2. The molecule has 0 amide bonds. The Morgan fingerprint density at radius 3 is 2.24 bits per heavy atom. The second kappa shape index (κ2) is 9.32. The maximum absolute atomic E-state index is 12.6. The summed E-state index contributed by atoms with van der Waals surface area (Å²) in [5.41, 5.74) is -0.750. The first-order valence-corrected chi connectivity index (χ1v) is 9.30. The van der Waals surface area contributed by atoms with Gasteiger partial charge in [0, 0.05) is 38.9 Å². The van der Waals surface area contributed by atoms with Crippen molar-refractivity contribution in [2.75, 3.05) is 51.3 Å². The molecule has 6 nitrogen and oxygen atoms in total. The third-order valence-corrected chi connectivity index (χ3v) is 4.74. The Morgan fingerprint density at radius 2 is 1.69 bits per heavy atom. The van der Waals surface area contributed by atoms with Crippen LogP contribution in [0.1, 0.15) is 5.56 Å². The summed E-state index contributed by atoms with van der Waals surface area (Å²) in [6.07, 6.45) is -4.16. The molecule has 9 heteroatoms. The molecule has 1 atom stereocenters. The van der Waals surface area contributed by atoms with Gasteiger partial charge in [0.1, 0.15) is 30.0 Å². The molecule has 1 aromatic carbocycles. The molecule has 1 fully saturated rings. The maximum Gasteiger partial charge on any atom is 0.417 e. The fraction of sp³-hybridized carbons (Fsp3) is 0.450. The molecule has 1 saturated heterocycles. The quantitative estimate of drug-likeness (QED) is 0.756. The molecular formula is C20H24F3N3O3. The Labute approximate surface area is 167 Å². The highest BCUT2D eigenvalue weighted by Crippen LogP contribution is 2.29. The Kier molecular flexibility index (Phi) is 6.81. The Balaban J connectivity index is 1.42. The van der Waals surface area contributed by atoms with E-state index in [9.17, 15) is 18.3 Å². The number of aromatic nitrogens is 1. The molecule has 1 aliphatic rings. The van der Waals surface area contributed by atoms with Gasteiger partial charge in [-0.3, -0.25) is 4.90 Å². The Hall–Kier alpha value is -2.52. The van der Waals surface area contributed by atoms with E-state index in [0.717, 1.165) is 18.0 Å².